The molecule has 0 bridgehead atoms. The predicted molar refractivity (Wildman–Crippen MR) is 139 cm³/mol. The van der Waals surface area contributed by atoms with Gasteiger partial charge in [-0.2, -0.15) is 0 Å². The number of carbonyl (C=O) groups excluding carboxylic acids is 2. The molecule has 4 nitrogen and oxygen atoms in total. The van der Waals surface area contributed by atoms with E-state index in [4.69, 9.17) is 0 Å². The average molecular weight is 449 g/mol. The predicted octanol–water partition coefficient (Wildman–Crippen LogP) is 6.88. The summed E-state index contributed by atoms with van der Waals surface area (Å²) < 4.78 is 0. The number of rotatable bonds is 8. The second kappa shape index (κ2) is 10.8. The highest BCUT2D eigenvalue weighted by Gasteiger charge is 2.35. The summed E-state index contributed by atoms with van der Waals surface area (Å²) in [6.07, 6.45) is 1.09. The first kappa shape index (κ1) is 26.4. The van der Waals surface area contributed by atoms with Crippen LogP contribution in [0.25, 0.3) is 0 Å². The molecule has 2 aromatic rings. The summed E-state index contributed by atoms with van der Waals surface area (Å²) in [5.41, 5.74) is 3.18. The van der Waals surface area contributed by atoms with Gasteiger partial charge in [0, 0.05) is 30.3 Å². The van der Waals surface area contributed by atoms with Crippen LogP contribution in [0.3, 0.4) is 0 Å². The molecule has 0 heterocycles. The van der Waals surface area contributed by atoms with Crippen molar-refractivity contribution in [3.63, 3.8) is 0 Å². The van der Waals surface area contributed by atoms with Crippen LogP contribution in [-0.4, -0.2) is 18.4 Å². The van der Waals surface area contributed by atoms with Crippen LogP contribution in [0.4, 0.5) is 11.4 Å². The van der Waals surface area contributed by atoms with Crippen molar-refractivity contribution >= 4 is 23.2 Å². The van der Waals surface area contributed by atoms with Crippen molar-refractivity contribution in [3.8, 4) is 0 Å². The van der Waals surface area contributed by atoms with Crippen molar-refractivity contribution in [2.75, 3.05) is 16.8 Å². The Morgan fingerprint density at radius 1 is 0.970 bits per heavy atom. The molecule has 0 aliphatic heterocycles. The third-order valence-corrected chi connectivity index (χ3v) is 5.45. The van der Waals surface area contributed by atoms with Crippen LogP contribution in [-0.2, 0) is 16.0 Å². The van der Waals surface area contributed by atoms with E-state index in [1.807, 2.05) is 70.2 Å². The highest BCUT2D eigenvalue weighted by molar-refractivity contribution is 5.97. The first-order valence-corrected chi connectivity index (χ1v) is 11.7. The maximum absolute atomic E-state index is 13.9. The third-order valence-electron chi connectivity index (χ3n) is 5.45. The van der Waals surface area contributed by atoms with Gasteiger partial charge in [0.15, 0.2) is 0 Å². The van der Waals surface area contributed by atoms with Crippen LogP contribution in [0.5, 0.6) is 0 Å². The van der Waals surface area contributed by atoms with Crippen LogP contribution < -0.4 is 10.2 Å². The zero-order chi connectivity index (χ0) is 24.8. The van der Waals surface area contributed by atoms with Crippen molar-refractivity contribution in [2.45, 2.75) is 61.3 Å². The Labute approximate surface area is 200 Å². The summed E-state index contributed by atoms with van der Waals surface area (Å²) in [6.45, 7) is 18.9. The Hall–Kier alpha value is -2.88. The van der Waals surface area contributed by atoms with Gasteiger partial charge in [0.1, 0.15) is 0 Å². The minimum absolute atomic E-state index is 0.0333. The number of nitrogens with one attached hydrogen (secondary N) is 1. The molecule has 0 saturated carbocycles. The van der Waals surface area contributed by atoms with Crippen molar-refractivity contribution in [1.82, 2.24) is 0 Å². The van der Waals surface area contributed by atoms with Crippen molar-refractivity contribution in [1.29, 1.82) is 0 Å². The smallest absolute Gasteiger partial charge is 0.231 e. The highest BCUT2D eigenvalue weighted by Crippen LogP contribution is 2.33. The third kappa shape index (κ3) is 8.53. The minimum atomic E-state index is -0.223. The van der Waals surface area contributed by atoms with Crippen LogP contribution in [0.1, 0.15) is 60.5 Å². The molecule has 0 radical (unpaired) electrons. The maximum Gasteiger partial charge on any atom is 0.231 e. The number of nitrogens with zero attached hydrogens (tertiary/aromatic N) is 1. The van der Waals surface area contributed by atoms with E-state index in [-0.39, 0.29) is 28.6 Å². The van der Waals surface area contributed by atoms with Crippen LogP contribution >= 0.6 is 0 Å². The Bertz CT molecular complexity index is 965. The van der Waals surface area contributed by atoms with E-state index in [1.165, 1.54) is 0 Å². The first-order valence-electron chi connectivity index (χ1n) is 11.7. The molecule has 4 heteroatoms. The van der Waals surface area contributed by atoms with E-state index in [9.17, 15) is 9.59 Å². The van der Waals surface area contributed by atoms with Gasteiger partial charge >= 0.3 is 0 Å². The summed E-state index contributed by atoms with van der Waals surface area (Å²) in [6, 6.07) is 17.7. The molecule has 0 fully saturated rings. The highest BCUT2D eigenvalue weighted by atomic mass is 16.2. The molecule has 178 valence electrons. The summed E-state index contributed by atoms with van der Waals surface area (Å²) >= 11 is 0. The zero-order valence-corrected chi connectivity index (χ0v) is 21.4. The lowest BCUT2D eigenvalue weighted by molar-refractivity contribution is -0.125. The van der Waals surface area contributed by atoms with Gasteiger partial charge < -0.3 is 10.2 Å². The second-order valence-corrected chi connectivity index (χ2v) is 11.3. The lowest BCUT2D eigenvalue weighted by Gasteiger charge is -2.35. The van der Waals surface area contributed by atoms with E-state index >= 15 is 0 Å². The van der Waals surface area contributed by atoms with Crippen molar-refractivity contribution < 1.29 is 9.59 Å². The Morgan fingerprint density at radius 3 is 2.15 bits per heavy atom. The van der Waals surface area contributed by atoms with Gasteiger partial charge in [-0.15, -0.1) is 0 Å². The topological polar surface area (TPSA) is 49.4 Å². The molecule has 1 N–H and O–H groups in total. The fourth-order valence-electron chi connectivity index (χ4n) is 3.81. The second-order valence-electron chi connectivity index (χ2n) is 11.3. The largest absolute Gasteiger partial charge is 0.326 e. The summed E-state index contributed by atoms with van der Waals surface area (Å²) in [7, 11) is 0. The lowest BCUT2D eigenvalue weighted by atomic mass is 9.76. The van der Waals surface area contributed by atoms with Gasteiger partial charge in [-0.3, -0.25) is 9.59 Å². The van der Waals surface area contributed by atoms with Crippen LogP contribution in [0, 0.1) is 16.7 Å². The van der Waals surface area contributed by atoms with Crippen LogP contribution in [0.2, 0.25) is 0 Å². The number of hydrogen-bond donors (Lipinski definition) is 1. The molecule has 1 unspecified atom stereocenters. The Morgan fingerprint density at radius 2 is 1.61 bits per heavy atom. The molecule has 2 rings (SSSR count). The number of anilines is 2. The molecule has 0 spiro atoms. The van der Waals surface area contributed by atoms with Crippen molar-refractivity contribution in [3.05, 3.63) is 72.3 Å². The number of amides is 2. The molecule has 1 atom stereocenters. The minimum Gasteiger partial charge on any atom is -0.326 e. The average Bonchev–Trinajstić information content (AvgIpc) is 2.68. The maximum atomic E-state index is 13.9. The van der Waals surface area contributed by atoms with Gasteiger partial charge in [0.2, 0.25) is 11.8 Å². The zero-order valence-electron chi connectivity index (χ0n) is 21.4. The SMILES string of the molecule is C=C(C)CN(C(=O)C(Cc1ccccc1)C(C)(C)C)c1cccc(NC(=O)CC(C)(C)C)c1. The van der Waals surface area contributed by atoms with Crippen LogP contribution in [0.15, 0.2) is 66.7 Å². The van der Waals surface area contributed by atoms with Gasteiger partial charge in [-0.25, -0.2) is 0 Å². The fraction of sp³-hybridized carbons (Fsp3) is 0.448. The van der Waals surface area contributed by atoms with E-state index in [1.54, 1.807) is 4.90 Å². The molecule has 0 aromatic heterocycles. The number of hydrogen-bond acceptors (Lipinski definition) is 2. The van der Waals surface area contributed by atoms with Crippen molar-refractivity contribution in [2.24, 2.45) is 16.7 Å². The summed E-state index contributed by atoms with van der Waals surface area (Å²) in [4.78, 5) is 28.2. The molecule has 0 saturated heterocycles. The number of benzene rings is 2. The van der Waals surface area contributed by atoms with E-state index in [0.29, 0.717) is 25.1 Å². The standard InChI is InChI=1S/C29H40N2O2/c1-21(2)20-31(24-16-12-15-23(18-24)30-26(32)19-28(3,4)5)27(33)25(29(6,7)8)17-22-13-10-9-11-14-22/h9-16,18,25H,1,17,19-20H2,2-8H3,(H,30,32). The van der Waals surface area contributed by atoms with E-state index < -0.39 is 0 Å². The van der Waals surface area contributed by atoms with Gasteiger partial charge in [0.05, 0.1) is 0 Å². The Balaban J connectivity index is 2.36. The molecule has 33 heavy (non-hydrogen) atoms. The van der Waals surface area contributed by atoms with Gasteiger partial charge in [0.25, 0.3) is 0 Å². The lowest BCUT2D eigenvalue weighted by Crippen LogP contribution is -2.43. The summed E-state index contributed by atoms with van der Waals surface area (Å²) in [5, 5.41) is 2.99. The summed E-state index contributed by atoms with van der Waals surface area (Å²) in [5.74, 6) is -0.181. The molecule has 2 aromatic carbocycles. The molecular formula is C29H40N2O2. The molecular weight excluding hydrogens is 408 g/mol. The monoisotopic (exact) mass is 448 g/mol. The van der Waals surface area contributed by atoms with E-state index in [0.717, 1.165) is 16.8 Å². The van der Waals surface area contributed by atoms with Gasteiger partial charge in [-0.1, -0.05) is 90.1 Å². The van der Waals surface area contributed by atoms with E-state index in [2.05, 4.69) is 44.8 Å². The normalized spacial score (nSPS) is 12.7. The first-order chi connectivity index (χ1) is 15.3. The Kier molecular flexibility index (Phi) is 8.65. The molecule has 2 amide bonds. The fourth-order valence-corrected chi connectivity index (χ4v) is 3.81. The molecule has 0 aliphatic carbocycles. The number of carbonyl (C=O) groups is 2. The molecule has 0 aliphatic rings. The van der Waals surface area contributed by atoms with Gasteiger partial charge in [-0.05, 0) is 47.9 Å². The quantitative estimate of drug-likeness (QED) is 0.448.